The highest BCUT2D eigenvalue weighted by Gasteiger charge is 2.35. The third-order valence-electron chi connectivity index (χ3n) is 6.43. The molecule has 3 atom stereocenters. The monoisotopic (exact) mass is 539 g/mol. The fourth-order valence-electron chi connectivity index (χ4n) is 4.92. The molecule has 0 fully saturated rings. The van der Waals surface area contributed by atoms with Gasteiger partial charge in [0, 0.05) is 26.8 Å². The van der Waals surface area contributed by atoms with Crippen LogP contribution in [0.2, 0.25) is 5.02 Å². The van der Waals surface area contributed by atoms with E-state index in [0.717, 1.165) is 16.7 Å². The van der Waals surface area contributed by atoms with Crippen molar-refractivity contribution < 1.29 is 38.0 Å². The maximum absolute atomic E-state index is 13.0. The SMILES string of the molecule is CC(=O)CC(=O)C(CO)C(CCO)CC1CC(=O)c2c(O)ccc(-c3ccc(Cl)cc3)c2C1.CNC.O.[HH].[HH]. The van der Waals surface area contributed by atoms with Crippen molar-refractivity contribution in [2.24, 2.45) is 17.8 Å². The van der Waals surface area contributed by atoms with E-state index in [2.05, 4.69) is 5.32 Å². The molecular weight excluding hydrogens is 498 g/mol. The average Bonchev–Trinajstić information content (AvgIpc) is 2.80. The zero-order chi connectivity index (χ0) is 26.8. The van der Waals surface area contributed by atoms with Gasteiger partial charge in [-0.3, -0.25) is 14.4 Å². The van der Waals surface area contributed by atoms with Crippen LogP contribution in [-0.4, -0.2) is 65.5 Å². The van der Waals surface area contributed by atoms with Gasteiger partial charge in [0.05, 0.1) is 18.6 Å². The first-order chi connectivity index (χ1) is 17.2. The Kier molecular flexibility index (Phi) is 13.7. The largest absolute Gasteiger partial charge is 0.507 e. The molecule has 2 aromatic carbocycles. The maximum atomic E-state index is 13.0. The summed E-state index contributed by atoms with van der Waals surface area (Å²) in [4.78, 5) is 37.0. The van der Waals surface area contributed by atoms with Crippen LogP contribution in [-0.2, 0) is 16.0 Å². The summed E-state index contributed by atoms with van der Waals surface area (Å²) < 4.78 is 0. The molecule has 37 heavy (non-hydrogen) atoms. The number of aliphatic hydroxyl groups is 2. The molecule has 0 spiro atoms. The normalized spacial score (nSPS) is 15.9. The van der Waals surface area contributed by atoms with Gasteiger partial charge >= 0.3 is 0 Å². The molecule has 6 N–H and O–H groups in total. The Labute approximate surface area is 225 Å². The summed E-state index contributed by atoms with van der Waals surface area (Å²) in [5.74, 6) is -2.10. The Bertz CT molecular complexity index is 1070. The van der Waals surface area contributed by atoms with E-state index in [1.54, 1.807) is 18.2 Å². The predicted molar refractivity (Wildman–Crippen MR) is 148 cm³/mol. The molecule has 0 radical (unpaired) electrons. The van der Waals surface area contributed by atoms with E-state index in [1.165, 1.54) is 13.0 Å². The second kappa shape index (κ2) is 15.6. The average molecular weight is 540 g/mol. The van der Waals surface area contributed by atoms with E-state index in [1.807, 2.05) is 26.2 Å². The Balaban J connectivity index is 0. The smallest absolute Gasteiger partial charge is 0.167 e. The number of hydrogen-bond donors (Lipinski definition) is 4. The summed E-state index contributed by atoms with van der Waals surface area (Å²) in [5.41, 5.74) is 2.78. The van der Waals surface area contributed by atoms with Crippen LogP contribution in [0.15, 0.2) is 36.4 Å². The number of phenolic OH excluding ortho intramolecular Hbond substituents is 1. The molecule has 0 heterocycles. The van der Waals surface area contributed by atoms with Gasteiger partial charge in [-0.2, -0.15) is 0 Å². The minimum absolute atomic E-state index is 0. The number of fused-ring (bicyclic) bond motifs is 1. The van der Waals surface area contributed by atoms with Crippen LogP contribution in [0.25, 0.3) is 11.1 Å². The fourth-order valence-corrected chi connectivity index (χ4v) is 5.04. The highest BCUT2D eigenvalue weighted by atomic mass is 35.5. The van der Waals surface area contributed by atoms with Gasteiger partial charge in [0.1, 0.15) is 17.3 Å². The van der Waals surface area contributed by atoms with Crippen LogP contribution in [0.3, 0.4) is 0 Å². The molecule has 0 bridgehead atoms. The van der Waals surface area contributed by atoms with Crippen LogP contribution >= 0.6 is 11.6 Å². The zero-order valence-corrected chi connectivity index (χ0v) is 22.3. The minimum atomic E-state index is -0.766. The third kappa shape index (κ3) is 8.72. The van der Waals surface area contributed by atoms with Crippen LogP contribution in [0, 0.1) is 17.8 Å². The molecule has 1 aliphatic rings. The molecule has 0 aromatic heterocycles. The second-order valence-corrected chi connectivity index (χ2v) is 9.77. The number of Topliss-reactive ketones (excluding diaryl/α,β-unsaturated/α-hetero) is 3. The summed E-state index contributed by atoms with van der Waals surface area (Å²) in [6.07, 6.45) is 1.18. The van der Waals surface area contributed by atoms with Gasteiger partial charge in [-0.15, -0.1) is 0 Å². The van der Waals surface area contributed by atoms with Gasteiger partial charge in [-0.05, 0) is 87.0 Å². The molecular formula is C28H42ClNO7. The number of carbonyl (C=O) groups is 3. The molecule has 2 aromatic rings. The van der Waals surface area contributed by atoms with Crippen molar-refractivity contribution in [1.82, 2.24) is 5.32 Å². The number of benzene rings is 2. The molecule has 1 aliphatic carbocycles. The van der Waals surface area contributed by atoms with Gasteiger partial charge < -0.3 is 26.1 Å². The van der Waals surface area contributed by atoms with Crippen molar-refractivity contribution in [3.8, 4) is 16.9 Å². The van der Waals surface area contributed by atoms with Gasteiger partial charge in [0.25, 0.3) is 0 Å². The van der Waals surface area contributed by atoms with Crippen molar-refractivity contribution >= 4 is 29.0 Å². The molecule has 3 rings (SSSR count). The maximum Gasteiger partial charge on any atom is 0.167 e. The van der Waals surface area contributed by atoms with Crippen molar-refractivity contribution in [1.29, 1.82) is 0 Å². The first-order valence-electron chi connectivity index (χ1n) is 12.1. The number of carbonyl (C=O) groups excluding carboxylic acids is 3. The van der Waals surface area contributed by atoms with Crippen LogP contribution < -0.4 is 5.32 Å². The second-order valence-electron chi connectivity index (χ2n) is 9.33. The van der Waals surface area contributed by atoms with E-state index in [0.29, 0.717) is 23.4 Å². The van der Waals surface area contributed by atoms with E-state index in [4.69, 9.17) is 11.6 Å². The summed E-state index contributed by atoms with van der Waals surface area (Å²) in [6.45, 7) is 0.752. The Morgan fingerprint density at radius 2 is 1.73 bits per heavy atom. The van der Waals surface area contributed by atoms with Gasteiger partial charge in [0.15, 0.2) is 5.78 Å². The number of hydrogen-bond acceptors (Lipinski definition) is 7. The Morgan fingerprint density at radius 3 is 2.27 bits per heavy atom. The Hall–Kier alpha value is -2.62. The molecule has 3 unspecified atom stereocenters. The van der Waals surface area contributed by atoms with Gasteiger partial charge in [0.2, 0.25) is 0 Å². The topological polar surface area (TPSA) is 155 Å². The summed E-state index contributed by atoms with van der Waals surface area (Å²) in [5, 5.41) is 33.2. The van der Waals surface area contributed by atoms with Crippen molar-refractivity contribution in [2.45, 2.75) is 39.0 Å². The number of halogens is 1. The first kappa shape index (κ1) is 32.4. The van der Waals surface area contributed by atoms with Crippen LogP contribution in [0.5, 0.6) is 5.75 Å². The molecule has 0 aliphatic heterocycles. The number of aromatic hydroxyl groups is 1. The number of rotatable bonds is 10. The number of aliphatic hydroxyl groups excluding tert-OH is 2. The fraction of sp³-hybridized carbons (Fsp3) is 0.464. The number of nitrogens with one attached hydrogen (secondary N) is 1. The molecule has 0 saturated carbocycles. The summed E-state index contributed by atoms with van der Waals surface area (Å²) >= 11 is 6.02. The first-order valence-corrected chi connectivity index (χ1v) is 12.5. The van der Waals surface area contributed by atoms with E-state index in [9.17, 15) is 29.7 Å². The van der Waals surface area contributed by atoms with Crippen molar-refractivity contribution in [2.75, 3.05) is 27.3 Å². The Morgan fingerprint density at radius 1 is 1.11 bits per heavy atom. The van der Waals surface area contributed by atoms with Crippen molar-refractivity contribution in [3.63, 3.8) is 0 Å². The molecule has 0 amide bonds. The molecule has 8 nitrogen and oxygen atoms in total. The number of phenols is 1. The molecule has 208 valence electrons. The quantitative estimate of drug-likeness (QED) is 0.336. The van der Waals surface area contributed by atoms with Gasteiger partial charge in [-0.1, -0.05) is 29.8 Å². The van der Waals surface area contributed by atoms with Crippen molar-refractivity contribution in [3.05, 3.63) is 52.5 Å². The lowest BCUT2D eigenvalue weighted by Gasteiger charge is -2.31. The summed E-state index contributed by atoms with van der Waals surface area (Å²) in [6, 6.07) is 10.6. The van der Waals surface area contributed by atoms with E-state index >= 15 is 0 Å². The number of ketones is 3. The highest BCUT2D eigenvalue weighted by molar-refractivity contribution is 6.30. The molecule has 9 heteroatoms. The lowest BCUT2D eigenvalue weighted by molar-refractivity contribution is -0.131. The third-order valence-corrected chi connectivity index (χ3v) is 6.68. The van der Waals surface area contributed by atoms with Crippen LogP contribution in [0.1, 0.15) is 51.4 Å². The predicted octanol–water partition coefficient (Wildman–Crippen LogP) is 3.51. The zero-order valence-electron chi connectivity index (χ0n) is 21.6. The summed E-state index contributed by atoms with van der Waals surface area (Å²) in [7, 11) is 3.75. The van der Waals surface area contributed by atoms with E-state index < -0.39 is 12.5 Å². The standard InChI is InChI=1S/C26H29ClO6.C2H7N.H2O.2H2/c1-15(30)10-24(32)22(14-29)18(8-9-28)11-16-12-21-20(17-2-4-19(27)5-3-17)6-7-23(31)26(21)25(33)13-16;1-3-2;;;/h2-7,16,18,22,28-29,31H,8-14H2,1H3;3H,1-2H3;1H2;2*1H. The lowest BCUT2D eigenvalue weighted by Crippen LogP contribution is -2.32. The van der Waals surface area contributed by atoms with E-state index in [-0.39, 0.29) is 69.1 Å². The van der Waals surface area contributed by atoms with Gasteiger partial charge in [-0.25, -0.2) is 0 Å². The minimum Gasteiger partial charge on any atom is -0.507 e. The molecule has 0 saturated heterocycles. The van der Waals surface area contributed by atoms with Crippen LogP contribution in [0.4, 0.5) is 0 Å². The lowest BCUT2D eigenvalue weighted by atomic mass is 9.72. The highest BCUT2D eigenvalue weighted by Crippen LogP contribution is 2.41.